The Morgan fingerprint density at radius 1 is 1.42 bits per heavy atom. The van der Waals surface area contributed by atoms with Gasteiger partial charge < -0.3 is 15.7 Å². The second kappa shape index (κ2) is 7.50. The Morgan fingerprint density at radius 3 is 2.74 bits per heavy atom. The molecular formula is C14H24N2O2S. The molecule has 0 aliphatic carbocycles. The monoisotopic (exact) mass is 284 g/mol. The Balaban J connectivity index is 2.11. The predicted molar refractivity (Wildman–Crippen MR) is 79.4 cm³/mol. The van der Waals surface area contributed by atoms with Crippen molar-refractivity contribution < 1.29 is 9.90 Å². The number of nitrogens with one attached hydrogen (secondary N) is 2. The highest BCUT2D eigenvalue weighted by Crippen LogP contribution is 2.19. The lowest BCUT2D eigenvalue weighted by atomic mass is 9.91. The van der Waals surface area contributed by atoms with Crippen molar-refractivity contribution in [2.45, 2.75) is 39.7 Å². The Kier molecular flexibility index (Phi) is 6.31. The standard InChI is InChI=1S/C14H24N2O2S/c1-14(2,3)6-4-7-15-13(18)16-9-12(17)11-5-8-19-10-11/h5,8,10,12,17H,4,6-7,9H2,1-3H3,(H2,15,16,18). The topological polar surface area (TPSA) is 61.4 Å². The molecule has 0 radical (unpaired) electrons. The number of hydrogen-bond acceptors (Lipinski definition) is 3. The maximum absolute atomic E-state index is 11.5. The molecule has 5 heteroatoms. The maximum atomic E-state index is 11.5. The molecule has 0 saturated heterocycles. The van der Waals surface area contributed by atoms with Crippen molar-refractivity contribution in [3.63, 3.8) is 0 Å². The summed E-state index contributed by atoms with van der Waals surface area (Å²) in [5, 5.41) is 19.1. The number of carbonyl (C=O) groups is 1. The zero-order valence-corrected chi connectivity index (χ0v) is 12.7. The molecule has 3 N–H and O–H groups in total. The van der Waals surface area contributed by atoms with Gasteiger partial charge in [-0.3, -0.25) is 0 Å². The molecular weight excluding hydrogens is 260 g/mol. The van der Waals surface area contributed by atoms with Gasteiger partial charge in [0, 0.05) is 13.1 Å². The number of amides is 2. The van der Waals surface area contributed by atoms with Gasteiger partial charge in [-0.15, -0.1) is 0 Å². The van der Waals surface area contributed by atoms with E-state index in [0.717, 1.165) is 18.4 Å². The van der Waals surface area contributed by atoms with E-state index >= 15 is 0 Å². The van der Waals surface area contributed by atoms with Crippen LogP contribution in [0.4, 0.5) is 4.79 Å². The molecule has 1 heterocycles. The number of aliphatic hydroxyl groups excluding tert-OH is 1. The number of rotatable bonds is 6. The molecule has 0 aromatic carbocycles. The van der Waals surface area contributed by atoms with Crippen LogP contribution < -0.4 is 10.6 Å². The molecule has 0 saturated carbocycles. The number of urea groups is 1. The molecule has 0 fully saturated rings. The first-order valence-corrected chi connectivity index (χ1v) is 7.54. The fraction of sp³-hybridized carbons (Fsp3) is 0.643. The molecule has 1 aromatic rings. The van der Waals surface area contributed by atoms with Gasteiger partial charge in [-0.25, -0.2) is 4.79 Å². The molecule has 1 atom stereocenters. The van der Waals surface area contributed by atoms with E-state index in [-0.39, 0.29) is 12.6 Å². The minimum Gasteiger partial charge on any atom is -0.387 e. The molecule has 0 aliphatic heterocycles. The third kappa shape index (κ3) is 7.18. The first kappa shape index (κ1) is 16.0. The van der Waals surface area contributed by atoms with E-state index in [9.17, 15) is 9.90 Å². The highest BCUT2D eigenvalue weighted by Gasteiger charge is 2.11. The van der Waals surface area contributed by atoms with Crippen LogP contribution in [-0.4, -0.2) is 24.2 Å². The van der Waals surface area contributed by atoms with Crippen LogP contribution in [0, 0.1) is 5.41 Å². The SMILES string of the molecule is CC(C)(C)CCCNC(=O)NCC(O)c1ccsc1. The van der Waals surface area contributed by atoms with Crippen LogP contribution in [0.1, 0.15) is 45.3 Å². The molecule has 1 unspecified atom stereocenters. The third-order valence-electron chi connectivity index (χ3n) is 2.77. The summed E-state index contributed by atoms with van der Waals surface area (Å²) in [5.74, 6) is 0. The lowest BCUT2D eigenvalue weighted by molar-refractivity contribution is 0.173. The van der Waals surface area contributed by atoms with Crippen molar-refractivity contribution in [2.24, 2.45) is 5.41 Å². The number of carbonyl (C=O) groups excluding carboxylic acids is 1. The fourth-order valence-electron chi connectivity index (χ4n) is 1.65. The van der Waals surface area contributed by atoms with Crippen LogP contribution in [0.25, 0.3) is 0 Å². The Hall–Kier alpha value is -1.07. The van der Waals surface area contributed by atoms with Gasteiger partial charge in [-0.1, -0.05) is 20.8 Å². The molecule has 0 aliphatic rings. The van der Waals surface area contributed by atoms with E-state index in [1.807, 2.05) is 16.8 Å². The zero-order chi connectivity index (χ0) is 14.3. The molecule has 2 amide bonds. The normalized spacial score (nSPS) is 13.1. The largest absolute Gasteiger partial charge is 0.387 e. The van der Waals surface area contributed by atoms with Crippen molar-refractivity contribution in [3.05, 3.63) is 22.4 Å². The van der Waals surface area contributed by atoms with Gasteiger partial charge in [0.05, 0.1) is 6.10 Å². The second-order valence-electron chi connectivity index (χ2n) is 5.87. The van der Waals surface area contributed by atoms with Gasteiger partial charge in [0.2, 0.25) is 0 Å². The minimum atomic E-state index is -0.633. The smallest absolute Gasteiger partial charge is 0.314 e. The third-order valence-corrected chi connectivity index (χ3v) is 3.47. The van der Waals surface area contributed by atoms with E-state index in [0.29, 0.717) is 12.0 Å². The van der Waals surface area contributed by atoms with Crippen LogP contribution in [0.15, 0.2) is 16.8 Å². The molecule has 1 aromatic heterocycles. The number of hydrogen-bond donors (Lipinski definition) is 3. The molecule has 0 bridgehead atoms. The van der Waals surface area contributed by atoms with Crippen molar-refractivity contribution >= 4 is 17.4 Å². The molecule has 4 nitrogen and oxygen atoms in total. The quantitative estimate of drug-likeness (QED) is 0.703. The minimum absolute atomic E-state index is 0.219. The van der Waals surface area contributed by atoms with Gasteiger partial charge in [-0.2, -0.15) is 11.3 Å². The summed E-state index contributed by atoms with van der Waals surface area (Å²) >= 11 is 1.53. The number of aliphatic hydroxyl groups is 1. The lowest BCUT2D eigenvalue weighted by Crippen LogP contribution is -2.38. The Morgan fingerprint density at radius 2 is 2.16 bits per heavy atom. The average molecular weight is 284 g/mol. The van der Waals surface area contributed by atoms with E-state index in [1.165, 1.54) is 11.3 Å². The van der Waals surface area contributed by atoms with E-state index < -0.39 is 6.10 Å². The summed E-state index contributed by atoms with van der Waals surface area (Å²) < 4.78 is 0. The van der Waals surface area contributed by atoms with Crippen molar-refractivity contribution in [3.8, 4) is 0 Å². The van der Waals surface area contributed by atoms with Crippen LogP contribution in [0.2, 0.25) is 0 Å². The summed E-state index contributed by atoms with van der Waals surface area (Å²) in [4.78, 5) is 11.5. The molecule has 19 heavy (non-hydrogen) atoms. The molecule has 1 rings (SSSR count). The van der Waals surface area contributed by atoms with Crippen molar-refractivity contribution in [2.75, 3.05) is 13.1 Å². The summed E-state index contributed by atoms with van der Waals surface area (Å²) in [6.07, 6.45) is 1.40. The average Bonchev–Trinajstić information content (AvgIpc) is 2.84. The van der Waals surface area contributed by atoms with E-state index in [2.05, 4.69) is 31.4 Å². The van der Waals surface area contributed by atoms with Crippen LogP contribution in [0.3, 0.4) is 0 Å². The highest BCUT2D eigenvalue weighted by molar-refractivity contribution is 7.07. The first-order chi connectivity index (χ1) is 8.88. The van der Waals surface area contributed by atoms with Crippen LogP contribution in [-0.2, 0) is 0 Å². The van der Waals surface area contributed by atoms with Gasteiger partial charge in [0.15, 0.2) is 0 Å². The van der Waals surface area contributed by atoms with E-state index in [4.69, 9.17) is 0 Å². The summed E-state index contributed by atoms with van der Waals surface area (Å²) in [6.45, 7) is 7.46. The van der Waals surface area contributed by atoms with Crippen molar-refractivity contribution in [1.82, 2.24) is 10.6 Å². The van der Waals surface area contributed by atoms with Crippen LogP contribution in [0.5, 0.6) is 0 Å². The predicted octanol–water partition coefficient (Wildman–Crippen LogP) is 2.91. The van der Waals surface area contributed by atoms with E-state index in [1.54, 1.807) is 0 Å². The molecule has 0 spiro atoms. The second-order valence-corrected chi connectivity index (χ2v) is 6.65. The number of thiophene rings is 1. The summed E-state index contributed by atoms with van der Waals surface area (Å²) in [5.41, 5.74) is 1.14. The Labute approximate surface area is 119 Å². The molecule has 108 valence electrons. The van der Waals surface area contributed by atoms with Crippen LogP contribution >= 0.6 is 11.3 Å². The highest BCUT2D eigenvalue weighted by atomic mass is 32.1. The maximum Gasteiger partial charge on any atom is 0.314 e. The van der Waals surface area contributed by atoms with Gasteiger partial charge in [-0.05, 0) is 40.6 Å². The first-order valence-electron chi connectivity index (χ1n) is 6.60. The zero-order valence-electron chi connectivity index (χ0n) is 11.9. The van der Waals surface area contributed by atoms with Crippen molar-refractivity contribution in [1.29, 1.82) is 0 Å². The fourth-order valence-corrected chi connectivity index (χ4v) is 2.36. The van der Waals surface area contributed by atoms with Gasteiger partial charge in [0.1, 0.15) is 0 Å². The summed E-state index contributed by atoms with van der Waals surface area (Å²) in [6, 6.07) is 1.64. The lowest BCUT2D eigenvalue weighted by Gasteiger charge is -2.18. The van der Waals surface area contributed by atoms with Gasteiger partial charge >= 0.3 is 6.03 Å². The summed E-state index contributed by atoms with van der Waals surface area (Å²) in [7, 11) is 0. The van der Waals surface area contributed by atoms with Gasteiger partial charge in [0.25, 0.3) is 0 Å². The Bertz CT molecular complexity index is 371.